The smallest absolute Gasteiger partial charge is 0.209 e. The Labute approximate surface area is 162 Å². The first-order valence-corrected chi connectivity index (χ1v) is 9.61. The van der Waals surface area contributed by atoms with Crippen LogP contribution >= 0.6 is 0 Å². The molecule has 0 amide bonds. The molecule has 3 heterocycles. The van der Waals surface area contributed by atoms with E-state index < -0.39 is 0 Å². The summed E-state index contributed by atoms with van der Waals surface area (Å²) in [6.07, 6.45) is 5.97. The predicted molar refractivity (Wildman–Crippen MR) is 105 cm³/mol. The summed E-state index contributed by atoms with van der Waals surface area (Å²) in [5.74, 6) is 1.11. The van der Waals surface area contributed by atoms with Crippen LogP contribution < -0.4 is 0 Å². The van der Waals surface area contributed by atoms with Gasteiger partial charge in [-0.15, -0.1) is 0 Å². The van der Waals surface area contributed by atoms with Crippen LogP contribution in [0.2, 0.25) is 0 Å². The molecule has 0 N–H and O–H groups in total. The molecule has 1 atom stereocenters. The van der Waals surface area contributed by atoms with Gasteiger partial charge in [-0.25, -0.2) is 14.4 Å². The zero-order chi connectivity index (χ0) is 18.9. The van der Waals surface area contributed by atoms with Gasteiger partial charge in [0.15, 0.2) is 5.76 Å². The van der Waals surface area contributed by atoms with Crippen LogP contribution in [-0.2, 0) is 13.1 Å². The van der Waals surface area contributed by atoms with Gasteiger partial charge in [0.05, 0.1) is 30.1 Å². The molecule has 1 fully saturated rings. The second kappa shape index (κ2) is 7.20. The summed E-state index contributed by atoms with van der Waals surface area (Å²) >= 11 is 0. The first kappa shape index (κ1) is 17.1. The van der Waals surface area contributed by atoms with Crippen LogP contribution in [0.25, 0.3) is 22.4 Å². The van der Waals surface area contributed by atoms with Crippen LogP contribution in [0, 0.1) is 5.82 Å². The molecule has 1 aliphatic heterocycles. The molecule has 2 aromatic carbocycles. The SMILES string of the molecule is Fc1ccc(-c2cnc(CN3CCC[C@H]3Cn3cnc4ccccc43)o2)cc1. The molecule has 1 saturated heterocycles. The van der Waals surface area contributed by atoms with Gasteiger partial charge in [0.1, 0.15) is 5.82 Å². The molecule has 0 aliphatic carbocycles. The third kappa shape index (κ3) is 3.31. The van der Waals surface area contributed by atoms with E-state index in [1.54, 1.807) is 18.3 Å². The van der Waals surface area contributed by atoms with Crippen molar-refractivity contribution in [1.82, 2.24) is 19.4 Å². The Morgan fingerprint density at radius 2 is 1.93 bits per heavy atom. The summed E-state index contributed by atoms with van der Waals surface area (Å²) in [4.78, 5) is 11.4. The molecule has 0 unspecified atom stereocenters. The monoisotopic (exact) mass is 376 g/mol. The number of hydrogen-bond donors (Lipinski definition) is 0. The lowest BCUT2D eigenvalue weighted by atomic mass is 10.2. The molecular formula is C22H21FN4O. The summed E-state index contributed by atoms with van der Waals surface area (Å²) in [6, 6.07) is 14.9. The number of para-hydroxylation sites is 2. The Kier molecular flexibility index (Phi) is 4.41. The zero-order valence-electron chi connectivity index (χ0n) is 15.5. The number of oxazole rings is 1. The van der Waals surface area contributed by atoms with Gasteiger partial charge in [0, 0.05) is 18.2 Å². The highest BCUT2D eigenvalue weighted by atomic mass is 19.1. The fraction of sp³-hybridized carbons (Fsp3) is 0.273. The van der Waals surface area contributed by atoms with Gasteiger partial charge >= 0.3 is 0 Å². The van der Waals surface area contributed by atoms with Crippen molar-refractivity contribution in [3.05, 3.63) is 72.8 Å². The van der Waals surface area contributed by atoms with Gasteiger partial charge in [-0.3, -0.25) is 4.90 Å². The molecule has 142 valence electrons. The highest BCUT2D eigenvalue weighted by molar-refractivity contribution is 5.74. The van der Waals surface area contributed by atoms with Gasteiger partial charge in [-0.05, 0) is 55.8 Å². The Bertz CT molecular complexity index is 1090. The van der Waals surface area contributed by atoms with Gasteiger partial charge in [0.2, 0.25) is 5.89 Å². The van der Waals surface area contributed by atoms with E-state index in [4.69, 9.17) is 4.42 Å². The second-order valence-electron chi connectivity index (χ2n) is 7.28. The molecule has 28 heavy (non-hydrogen) atoms. The van der Waals surface area contributed by atoms with Crippen molar-refractivity contribution in [1.29, 1.82) is 0 Å². The summed E-state index contributed by atoms with van der Waals surface area (Å²) < 4.78 is 21.3. The number of halogens is 1. The molecule has 0 spiro atoms. The number of hydrogen-bond acceptors (Lipinski definition) is 4. The van der Waals surface area contributed by atoms with Crippen LogP contribution in [0.1, 0.15) is 18.7 Å². The quantitative estimate of drug-likeness (QED) is 0.515. The standard InChI is InChI=1S/C22H21FN4O/c23-17-9-7-16(8-10-17)21-12-24-22(28-21)14-26-11-3-4-18(26)13-27-15-25-19-5-1-2-6-20(19)27/h1-2,5-10,12,15,18H,3-4,11,13-14H2/t18-/m0/s1. The van der Waals surface area contributed by atoms with Crippen molar-refractivity contribution in [2.45, 2.75) is 32.0 Å². The lowest BCUT2D eigenvalue weighted by Crippen LogP contribution is -2.32. The number of benzene rings is 2. The number of aromatic nitrogens is 3. The fourth-order valence-corrected chi connectivity index (χ4v) is 4.00. The predicted octanol–water partition coefficient (Wildman–Crippen LogP) is 4.50. The first-order valence-electron chi connectivity index (χ1n) is 9.61. The van der Waals surface area contributed by atoms with Crippen molar-refractivity contribution in [3.8, 4) is 11.3 Å². The van der Waals surface area contributed by atoms with Gasteiger partial charge < -0.3 is 8.98 Å². The number of imidazole rings is 1. The van der Waals surface area contributed by atoms with Gasteiger partial charge in [0.25, 0.3) is 0 Å². The molecule has 1 aliphatic rings. The summed E-state index contributed by atoms with van der Waals surface area (Å²) in [6.45, 7) is 2.62. The second-order valence-corrected chi connectivity index (χ2v) is 7.28. The van der Waals surface area contributed by atoms with Gasteiger partial charge in [-0.2, -0.15) is 0 Å². The van der Waals surface area contributed by atoms with E-state index in [0.717, 1.165) is 30.6 Å². The molecule has 2 aromatic heterocycles. The van der Waals surface area contributed by atoms with E-state index in [0.29, 0.717) is 24.2 Å². The molecule has 0 radical (unpaired) electrons. The summed E-state index contributed by atoms with van der Waals surface area (Å²) in [5, 5.41) is 0. The van der Waals surface area contributed by atoms with Crippen molar-refractivity contribution in [2.75, 3.05) is 6.54 Å². The average molecular weight is 376 g/mol. The lowest BCUT2D eigenvalue weighted by Gasteiger charge is -2.23. The van der Waals surface area contributed by atoms with Crippen LogP contribution in [0.15, 0.2) is 65.5 Å². The van der Waals surface area contributed by atoms with Crippen molar-refractivity contribution in [2.24, 2.45) is 0 Å². The lowest BCUT2D eigenvalue weighted by molar-refractivity contribution is 0.206. The van der Waals surface area contributed by atoms with E-state index >= 15 is 0 Å². The number of fused-ring (bicyclic) bond motifs is 1. The van der Waals surface area contributed by atoms with Crippen LogP contribution in [0.4, 0.5) is 4.39 Å². The third-order valence-corrected chi connectivity index (χ3v) is 5.45. The van der Waals surface area contributed by atoms with E-state index in [2.05, 4.69) is 31.6 Å². The zero-order valence-corrected chi connectivity index (χ0v) is 15.5. The molecule has 0 saturated carbocycles. The molecule has 6 heteroatoms. The minimum Gasteiger partial charge on any atom is -0.439 e. The maximum atomic E-state index is 13.1. The Balaban J connectivity index is 1.30. The van der Waals surface area contributed by atoms with Gasteiger partial charge in [-0.1, -0.05) is 12.1 Å². The fourth-order valence-electron chi connectivity index (χ4n) is 4.00. The van der Waals surface area contributed by atoms with Crippen LogP contribution in [0.5, 0.6) is 0 Å². The normalized spacial score (nSPS) is 17.5. The number of rotatable bonds is 5. The Hall–Kier alpha value is -2.99. The van der Waals surface area contributed by atoms with E-state index in [-0.39, 0.29) is 5.82 Å². The minimum absolute atomic E-state index is 0.254. The van der Waals surface area contributed by atoms with E-state index in [9.17, 15) is 4.39 Å². The molecular weight excluding hydrogens is 355 g/mol. The highest BCUT2D eigenvalue weighted by Gasteiger charge is 2.26. The maximum Gasteiger partial charge on any atom is 0.209 e. The van der Waals surface area contributed by atoms with Crippen LogP contribution in [0.3, 0.4) is 0 Å². The van der Waals surface area contributed by atoms with Crippen LogP contribution in [-0.4, -0.2) is 32.0 Å². The number of likely N-dealkylation sites (tertiary alicyclic amines) is 1. The highest BCUT2D eigenvalue weighted by Crippen LogP contribution is 2.25. The number of nitrogens with zero attached hydrogens (tertiary/aromatic N) is 4. The van der Waals surface area contributed by atoms with E-state index in [1.165, 1.54) is 24.1 Å². The maximum absolute atomic E-state index is 13.1. The van der Waals surface area contributed by atoms with Crippen molar-refractivity contribution >= 4 is 11.0 Å². The molecule has 4 aromatic rings. The van der Waals surface area contributed by atoms with E-state index in [1.807, 2.05) is 18.5 Å². The topological polar surface area (TPSA) is 47.1 Å². The third-order valence-electron chi connectivity index (χ3n) is 5.45. The summed E-state index contributed by atoms with van der Waals surface area (Å²) in [7, 11) is 0. The average Bonchev–Trinajstić information content (AvgIpc) is 3.45. The van der Waals surface area contributed by atoms with Crippen molar-refractivity contribution in [3.63, 3.8) is 0 Å². The largest absolute Gasteiger partial charge is 0.439 e. The van der Waals surface area contributed by atoms with Crippen molar-refractivity contribution < 1.29 is 8.81 Å². The molecule has 0 bridgehead atoms. The summed E-state index contributed by atoms with van der Waals surface area (Å²) in [5.41, 5.74) is 3.04. The molecule has 5 nitrogen and oxygen atoms in total. The molecule has 5 rings (SSSR count). The Morgan fingerprint density at radius 3 is 2.82 bits per heavy atom. The first-order chi connectivity index (χ1) is 13.8. The minimum atomic E-state index is -0.254. The Morgan fingerprint density at radius 1 is 1.07 bits per heavy atom.